The summed E-state index contributed by atoms with van der Waals surface area (Å²) in [6.45, 7) is 2.02. The first-order chi connectivity index (χ1) is 9.15. The van der Waals surface area contributed by atoms with Gasteiger partial charge >= 0.3 is 0 Å². The van der Waals surface area contributed by atoms with Gasteiger partial charge in [-0.15, -0.1) is 0 Å². The van der Waals surface area contributed by atoms with E-state index in [2.05, 4.69) is 18.2 Å². The molecule has 0 bridgehead atoms. The van der Waals surface area contributed by atoms with Gasteiger partial charge in [-0.3, -0.25) is 0 Å². The molecule has 98 valence electrons. The van der Waals surface area contributed by atoms with Crippen LogP contribution in [0.1, 0.15) is 24.9 Å². The van der Waals surface area contributed by atoms with E-state index >= 15 is 0 Å². The molecule has 0 radical (unpaired) electrons. The average molecular weight is 274 g/mol. The van der Waals surface area contributed by atoms with E-state index in [0.717, 1.165) is 28.9 Å². The lowest BCUT2D eigenvalue weighted by molar-refractivity contribution is 0.177. The topological polar surface area (TPSA) is 35.2 Å². The lowest BCUT2D eigenvalue weighted by Crippen LogP contribution is -2.27. The number of hydrogen-bond donors (Lipinski definition) is 1. The van der Waals surface area contributed by atoms with Crippen molar-refractivity contribution in [3.63, 3.8) is 0 Å². The first-order valence-corrected chi connectivity index (χ1v) is 6.84. The maximum absolute atomic E-state index is 6.35. The molecule has 0 fully saturated rings. The Morgan fingerprint density at radius 1 is 1.16 bits per heavy atom. The molecule has 19 heavy (non-hydrogen) atoms. The smallest absolute Gasteiger partial charge is 0.143 e. The van der Waals surface area contributed by atoms with Gasteiger partial charge < -0.3 is 10.5 Å². The molecule has 1 aliphatic rings. The van der Waals surface area contributed by atoms with Crippen molar-refractivity contribution in [3.05, 3.63) is 53.1 Å². The predicted octanol–water partition coefficient (Wildman–Crippen LogP) is 4.18. The normalized spacial score (nSPS) is 21.6. The van der Waals surface area contributed by atoms with Gasteiger partial charge in [0.05, 0.1) is 11.1 Å². The van der Waals surface area contributed by atoms with Crippen LogP contribution in [-0.4, -0.2) is 6.10 Å². The van der Waals surface area contributed by atoms with Crippen LogP contribution in [0.3, 0.4) is 0 Å². The van der Waals surface area contributed by atoms with Gasteiger partial charge in [-0.05, 0) is 30.2 Å². The molecule has 2 atom stereocenters. The first-order valence-electron chi connectivity index (χ1n) is 6.46. The highest BCUT2D eigenvalue weighted by atomic mass is 35.5. The van der Waals surface area contributed by atoms with Gasteiger partial charge in [0.25, 0.3) is 0 Å². The molecule has 0 amide bonds. The van der Waals surface area contributed by atoms with Crippen molar-refractivity contribution in [2.75, 3.05) is 0 Å². The summed E-state index contributed by atoms with van der Waals surface area (Å²) in [6, 6.07) is 14.2. The Labute approximate surface area is 118 Å². The Balaban J connectivity index is 2.12. The Morgan fingerprint density at radius 3 is 2.63 bits per heavy atom. The summed E-state index contributed by atoms with van der Waals surface area (Å²) < 4.78 is 5.81. The highest BCUT2D eigenvalue weighted by Gasteiger charge is 2.25. The number of ether oxygens (including phenoxy) is 1. The van der Waals surface area contributed by atoms with E-state index in [1.54, 1.807) is 0 Å². The maximum atomic E-state index is 6.35. The summed E-state index contributed by atoms with van der Waals surface area (Å²) >= 11 is 6.35. The van der Waals surface area contributed by atoms with Crippen LogP contribution in [0.2, 0.25) is 5.02 Å². The van der Waals surface area contributed by atoms with Crippen LogP contribution >= 0.6 is 11.6 Å². The molecule has 1 aliphatic heterocycles. The number of fused-ring (bicyclic) bond motifs is 1. The molecular weight excluding hydrogens is 258 g/mol. The Kier molecular flexibility index (Phi) is 3.21. The fourth-order valence-electron chi connectivity index (χ4n) is 2.55. The first kappa shape index (κ1) is 12.5. The summed E-state index contributed by atoms with van der Waals surface area (Å²) in [5.74, 6) is 0.743. The number of hydrogen-bond acceptors (Lipinski definition) is 2. The van der Waals surface area contributed by atoms with E-state index in [-0.39, 0.29) is 12.1 Å². The second kappa shape index (κ2) is 4.87. The molecule has 3 heteroatoms. The summed E-state index contributed by atoms with van der Waals surface area (Å²) in [5, 5.41) is 0.637. The van der Waals surface area contributed by atoms with E-state index in [0.29, 0.717) is 5.02 Å². The van der Waals surface area contributed by atoms with Crippen LogP contribution in [0.4, 0.5) is 0 Å². The third-order valence-corrected chi connectivity index (χ3v) is 3.76. The van der Waals surface area contributed by atoms with Crippen molar-refractivity contribution in [2.45, 2.75) is 25.5 Å². The monoisotopic (exact) mass is 273 g/mol. The van der Waals surface area contributed by atoms with Gasteiger partial charge in [-0.25, -0.2) is 0 Å². The molecule has 0 aliphatic carbocycles. The minimum atomic E-state index is -0.0140. The zero-order valence-electron chi connectivity index (χ0n) is 10.8. The quantitative estimate of drug-likeness (QED) is 0.846. The summed E-state index contributed by atoms with van der Waals surface area (Å²) in [6.07, 6.45) is 0.934. The average Bonchev–Trinajstić information content (AvgIpc) is 2.41. The maximum Gasteiger partial charge on any atom is 0.143 e. The molecule has 0 saturated carbocycles. The van der Waals surface area contributed by atoms with Crippen molar-refractivity contribution in [1.29, 1.82) is 0 Å². The number of halogens is 1. The SMILES string of the molecule is CC1CC(N)c2cc(-c3ccccc3)cc(Cl)c2O1. The van der Waals surface area contributed by atoms with Gasteiger partial charge in [0.15, 0.2) is 0 Å². The fraction of sp³-hybridized carbons (Fsp3) is 0.250. The molecule has 3 rings (SSSR count). The Hall–Kier alpha value is -1.51. The van der Waals surface area contributed by atoms with Gasteiger partial charge in [-0.1, -0.05) is 41.9 Å². The summed E-state index contributed by atoms with van der Waals surface area (Å²) in [4.78, 5) is 0. The second-order valence-corrected chi connectivity index (χ2v) is 5.42. The third-order valence-electron chi connectivity index (χ3n) is 3.48. The molecule has 2 nitrogen and oxygen atoms in total. The number of benzene rings is 2. The summed E-state index contributed by atoms with van der Waals surface area (Å²) in [7, 11) is 0. The van der Waals surface area contributed by atoms with E-state index < -0.39 is 0 Å². The van der Waals surface area contributed by atoms with E-state index in [4.69, 9.17) is 22.1 Å². The number of nitrogens with two attached hydrogens (primary N) is 1. The van der Waals surface area contributed by atoms with Crippen LogP contribution in [0.15, 0.2) is 42.5 Å². The van der Waals surface area contributed by atoms with Crippen LogP contribution < -0.4 is 10.5 Å². The third kappa shape index (κ3) is 2.34. The van der Waals surface area contributed by atoms with Crippen LogP contribution in [-0.2, 0) is 0 Å². The number of rotatable bonds is 1. The molecule has 2 N–H and O–H groups in total. The van der Waals surface area contributed by atoms with Crippen LogP contribution in [0.25, 0.3) is 11.1 Å². The molecular formula is C16H16ClNO. The molecule has 0 saturated heterocycles. The lowest BCUT2D eigenvalue weighted by Gasteiger charge is -2.29. The van der Waals surface area contributed by atoms with Gasteiger partial charge in [0.2, 0.25) is 0 Å². The van der Waals surface area contributed by atoms with E-state index in [1.165, 1.54) is 0 Å². The molecule has 0 aromatic heterocycles. The Morgan fingerprint density at radius 2 is 1.89 bits per heavy atom. The van der Waals surface area contributed by atoms with E-state index in [1.807, 2.05) is 31.2 Å². The van der Waals surface area contributed by atoms with Crippen molar-refractivity contribution in [3.8, 4) is 16.9 Å². The van der Waals surface area contributed by atoms with Gasteiger partial charge in [0, 0.05) is 18.0 Å². The zero-order valence-corrected chi connectivity index (χ0v) is 11.5. The van der Waals surface area contributed by atoms with Gasteiger partial charge in [0.1, 0.15) is 5.75 Å². The predicted molar refractivity (Wildman–Crippen MR) is 78.5 cm³/mol. The van der Waals surface area contributed by atoms with Crippen LogP contribution in [0.5, 0.6) is 5.75 Å². The van der Waals surface area contributed by atoms with Crippen molar-refractivity contribution in [2.24, 2.45) is 5.73 Å². The highest BCUT2D eigenvalue weighted by molar-refractivity contribution is 6.32. The second-order valence-electron chi connectivity index (χ2n) is 5.01. The standard InChI is InChI=1S/C16H16ClNO/c1-10-7-15(18)13-8-12(9-14(17)16(13)19-10)11-5-3-2-4-6-11/h2-6,8-10,15H,7,18H2,1H3. The lowest BCUT2D eigenvalue weighted by atomic mass is 9.94. The van der Waals surface area contributed by atoms with Crippen LogP contribution in [0, 0.1) is 0 Å². The highest BCUT2D eigenvalue weighted by Crippen LogP contribution is 2.41. The van der Waals surface area contributed by atoms with Crippen molar-refractivity contribution < 1.29 is 4.74 Å². The molecule has 0 spiro atoms. The largest absolute Gasteiger partial charge is 0.489 e. The minimum Gasteiger partial charge on any atom is -0.489 e. The molecule has 2 aromatic rings. The zero-order chi connectivity index (χ0) is 13.4. The molecule has 1 heterocycles. The fourth-order valence-corrected chi connectivity index (χ4v) is 2.82. The van der Waals surface area contributed by atoms with E-state index in [9.17, 15) is 0 Å². The molecule has 2 unspecified atom stereocenters. The molecule has 2 aromatic carbocycles. The minimum absolute atomic E-state index is 0.0140. The van der Waals surface area contributed by atoms with Crippen molar-refractivity contribution >= 4 is 11.6 Å². The van der Waals surface area contributed by atoms with Gasteiger partial charge in [-0.2, -0.15) is 0 Å². The van der Waals surface area contributed by atoms with Crippen molar-refractivity contribution in [1.82, 2.24) is 0 Å². The Bertz CT molecular complexity index is 597. The summed E-state index contributed by atoms with van der Waals surface area (Å²) in [5.41, 5.74) is 9.44.